The highest BCUT2D eigenvalue weighted by Crippen LogP contribution is 2.23. The summed E-state index contributed by atoms with van der Waals surface area (Å²) in [5.41, 5.74) is 1.96. The van der Waals surface area contributed by atoms with Crippen LogP contribution in [0.2, 0.25) is 0 Å². The molecule has 4 rings (SSSR count). The van der Waals surface area contributed by atoms with Gasteiger partial charge in [0.25, 0.3) is 10.0 Å². The van der Waals surface area contributed by atoms with E-state index < -0.39 is 34.9 Å². The van der Waals surface area contributed by atoms with E-state index in [0.717, 1.165) is 17.3 Å². The zero-order chi connectivity index (χ0) is 31.7. The summed E-state index contributed by atoms with van der Waals surface area (Å²) in [6.45, 7) is 6.52. The number of hydrogen-bond donors (Lipinski definition) is 3. The Morgan fingerprint density at radius 3 is 2.50 bits per heavy atom. The Kier molecular flexibility index (Phi) is 10.8. The van der Waals surface area contributed by atoms with E-state index in [2.05, 4.69) is 28.5 Å². The minimum Gasteiger partial charge on any atom is -0.428 e. The first kappa shape index (κ1) is 32.7. The van der Waals surface area contributed by atoms with Gasteiger partial charge in [0.2, 0.25) is 6.79 Å². The number of aryl methyl sites for hydroxylation is 1. The molecule has 11 heteroatoms. The van der Waals surface area contributed by atoms with Crippen LogP contribution in [0.25, 0.3) is 10.9 Å². The van der Waals surface area contributed by atoms with Crippen LogP contribution >= 0.6 is 0 Å². The number of aliphatic hydroxyl groups is 1. The molecule has 3 N–H and O–H groups in total. The van der Waals surface area contributed by atoms with Crippen LogP contribution < -0.4 is 10.0 Å². The molecule has 0 radical (unpaired) electrons. The molecule has 0 amide bonds. The van der Waals surface area contributed by atoms with Gasteiger partial charge in [-0.15, -0.1) is 0 Å². The molecule has 0 aliphatic rings. The number of aliphatic hydroxyl groups excluding tert-OH is 1. The van der Waals surface area contributed by atoms with Crippen molar-refractivity contribution in [1.29, 1.82) is 0 Å². The second kappa shape index (κ2) is 14.5. The van der Waals surface area contributed by atoms with Crippen molar-refractivity contribution in [3.8, 4) is 0 Å². The number of hydrogen-bond acceptors (Lipinski definition) is 8. The fourth-order valence-corrected chi connectivity index (χ4v) is 5.70. The molecule has 44 heavy (non-hydrogen) atoms. The maximum Gasteiger partial charge on any atom is 0.341 e. The van der Waals surface area contributed by atoms with Gasteiger partial charge in [-0.05, 0) is 80.8 Å². The molecule has 0 spiro atoms. The summed E-state index contributed by atoms with van der Waals surface area (Å²) in [5.74, 6) is -0.967. The van der Waals surface area contributed by atoms with E-state index in [1.165, 1.54) is 12.1 Å². The number of carbonyl (C=O) groups excluding carboxylic acids is 2. The molecule has 0 bridgehead atoms. The largest absolute Gasteiger partial charge is 0.428 e. The molecule has 0 saturated heterocycles. The summed E-state index contributed by atoms with van der Waals surface area (Å²) in [6.07, 6.45) is 2.79. The molecule has 4 aromatic rings. The minimum absolute atomic E-state index is 0.162. The summed E-state index contributed by atoms with van der Waals surface area (Å²) in [5, 5.41) is 15.2. The van der Waals surface area contributed by atoms with Gasteiger partial charge in [-0.25, -0.2) is 13.2 Å². The van der Waals surface area contributed by atoms with Crippen molar-refractivity contribution >= 4 is 38.6 Å². The number of benzene rings is 3. The van der Waals surface area contributed by atoms with Crippen LogP contribution in [0.4, 0.5) is 5.69 Å². The number of β-amino-alcohol motifs (C(OH)–C–C–N with tert-alkyl or cyclic N) is 1. The monoisotopic (exact) mass is 621 g/mol. The molecule has 3 aromatic carbocycles. The van der Waals surface area contributed by atoms with Gasteiger partial charge in [0, 0.05) is 47.8 Å². The van der Waals surface area contributed by atoms with Gasteiger partial charge in [-0.1, -0.05) is 37.3 Å². The fraction of sp³-hybridized carbons (Fsp3) is 0.333. The van der Waals surface area contributed by atoms with Crippen molar-refractivity contribution in [3.63, 3.8) is 0 Å². The van der Waals surface area contributed by atoms with E-state index in [-0.39, 0.29) is 23.4 Å². The lowest BCUT2D eigenvalue weighted by Gasteiger charge is -2.28. The maximum absolute atomic E-state index is 12.7. The molecule has 0 aliphatic carbocycles. The molecule has 10 nitrogen and oxygen atoms in total. The molecule has 0 aliphatic heterocycles. The third kappa shape index (κ3) is 8.91. The summed E-state index contributed by atoms with van der Waals surface area (Å²) < 4.78 is 40.0. The van der Waals surface area contributed by atoms with Crippen LogP contribution in [-0.2, 0) is 30.8 Å². The Hall–Kier alpha value is -4.19. The van der Waals surface area contributed by atoms with E-state index in [9.17, 15) is 23.1 Å². The van der Waals surface area contributed by atoms with E-state index in [4.69, 9.17) is 9.47 Å². The Labute approximate surface area is 258 Å². The highest BCUT2D eigenvalue weighted by molar-refractivity contribution is 7.92. The molecule has 0 unspecified atom stereocenters. The SMILES string of the molecule is CCCC(=O)OCOC(=O)c1ccc2c(ccn2CCC(C)(C)NC[C@H](O)c2cccc(NS(=O)(=O)c3ccccc3)c2)c1. The summed E-state index contributed by atoms with van der Waals surface area (Å²) >= 11 is 0. The highest BCUT2D eigenvalue weighted by atomic mass is 32.2. The third-order valence-corrected chi connectivity index (χ3v) is 8.60. The van der Waals surface area contributed by atoms with Crippen LogP contribution in [0.1, 0.15) is 62.1 Å². The van der Waals surface area contributed by atoms with Crippen LogP contribution in [0.5, 0.6) is 0 Å². The smallest absolute Gasteiger partial charge is 0.341 e. The quantitative estimate of drug-likeness (QED) is 0.119. The van der Waals surface area contributed by atoms with Gasteiger partial charge >= 0.3 is 11.9 Å². The standard InChI is InChI=1S/C33H39N3O7S/c1-4-9-31(38)42-23-43-32(39)26-14-15-29-24(20-26)16-18-36(29)19-17-33(2,3)34-22-30(37)25-10-8-11-27(21-25)35-44(40,41)28-12-6-5-7-13-28/h5-8,10-16,18,20-21,30,34-35,37H,4,9,17,19,22-23H2,1-3H3/t30-/m0/s1. The second-order valence-electron chi connectivity index (χ2n) is 11.2. The van der Waals surface area contributed by atoms with Crippen molar-refractivity contribution in [1.82, 2.24) is 9.88 Å². The van der Waals surface area contributed by atoms with Gasteiger partial charge < -0.3 is 24.5 Å². The number of sulfonamides is 1. The number of carbonyl (C=O) groups is 2. The summed E-state index contributed by atoms with van der Waals surface area (Å²) in [6, 6.07) is 22.1. The summed E-state index contributed by atoms with van der Waals surface area (Å²) in [7, 11) is -3.74. The molecule has 234 valence electrons. The first-order chi connectivity index (χ1) is 21.0. The second-order valence-corrected chi connectivity index (χ2v) is 12.9. The number of rotatable bonds is 15. The molecular weight excluding hydrogens is 582 g/mol. The van der Waals surface area contributed by atoms with Gasteiger partial charge in [-0.2, -0.15) is 0 Å². The maximum atomic E-state index is 12.7. The van der Waals surface area contributed by atoms with E-state index in [1.807, 2.05) is 25.3 Å². The van der Waals surface area contributed by atoms with Gasteiger partial charge in [-0.3, -0.25) is 9.52 Å². The zero-order valence-corrected chi connectivity index (χ0v) is 26.0. The lowest BCUT2D eigenvalue weighted by molar-refractivity contribution is -0.152. The number of nitrogens with one attached hydrogen (secondary N) is 2. The molecular formula is C33H39N3O7S. The lowest BCUT2D eigenvalue weighted by atomic mass is 9.99. The molecule has 1 aromatic heterocycles. The van der Waals surface area contributed by atoms with E-state index in [1.54, 1.807) is 54.6 Å². The molecule has 1 heterocycles. The Bertz CT molecular complexity index is 1680. The normalized spacial score (nSPS) is 12.5. The molecule has 0 fully saturated rings. The number of nitrogens with zero attached hydrogens (tertiary/aromatic N) is 1. The molecule has 0 saturated carbocycles. The van der Waals surface area contributed by atoms with Crippen molar-refractivity contribution < 1.29 is 32.6 Å². The van der Waals surface area contributed by atoms with E-state index >= 15 is 0 Å². The predicted molar refractivity (Wildman–Crippen MR) is 169 cm³/mol. The van der Waals surface area contributed by atoms with Crippen molar-refractivity contribution in [2.45, 2.75) is 63.1 Å². The molecule has 1 atom stereocenters. The number of anilines is 1. The van der Waals surface area contributed by atoms with Crippen LogP contribution in [-0.4, -0.2) is 48.9 Å². The summed E-state index contributed by atoms with van der Waals surface area (Å²) in [4.78, 5) is 24.0. The highest BCUT2D eigenvalue weighted by Gasteiger charge is 2.21. The Morgan fingerprint density at radius 1 is 0.977 bits per heavy atom. The van der Waals surface area contributed by atoms with Crippen molar-refractivity contribution in [3.05, 3.63) is 96.2 Å². The van der Waals surface area contributed by atoms with Crippen molar-refractivity contribution in [2.75, 3.05) is 18.1 Å². The van der Waals surface area contributed by atoms with Crippen LogP contribution in [0, 0.1) is 0 Å². The first-order valence-electron chi connectivity index (χ1n) is 14.5. The first-order valence-corrected chi connectivity index (χ1v) is 16.0. The topological polar surface area (TPSA) is 136 Å². The van der Waals surface area contributed by atoms with Gasteiger partial charge in [0.15, 0.2) is 0 Å². The Morgan fingerprint density at radius 2 is 1.75 bits per heavy atom. The van der Waals surface area contributed by atoms with E-state index in [0.29, 0.717) is 29.8 Å². The number of esters is 2. The van der Waals surface area contributed by atoms with Crippen molar-refractivity contribution in [2.24, 2.45) is 0 Å². The average molecular weight is 622 g/mol. The predicted octanol–water partition coefficient (Wildman–Crippen LogP) is 5.39. The number of ether oxygens (including phenoxy) is 2. The van der Waals surface area contributed by atoms with Crippen LogP contribution in [0.15, 0.2) is 90.0 Å². The minimum atomic E-state index is -3.74. The van der Waals surface area contributed by atoms with Gasteiger partial charge in [0.05, 0.1) is 16.6 Å². The lowest BCUT2D eigenvalue weighted by Crippen LogP contribution is -2.42. The third-order valence-electron chi connectivity index (χ3n) is 7.20. The number of fused-ring (bicyclic) bond motifs is 1. The van der Waals surface area contributed by atoms with Gasteiger partial charge in [0.1, 0.15) is 0 Å². The average Bonchev–Trinajstić information content (AvgIpc) is 3.42. The zero-order valence-electron chi connectivity index (χ0n) is 25.2. The number of aromatic nitrogens is 1. The Balaban J connectivity index is 1.30. The van der Waals surface area contributed by atoms with Crippen LogP contribution in [0.3, 0.4) is 0 Å². The fourth-order valence-electron chi connectivity index (χ4n) is 4.63.